The summed E-state index contributed by atoms with van der Waals surface area (Å²) >= 11 is 1.14. The van der Waals surface area contributed by atoms with Gasteiger partial charge in [0.2, 0.25) is 0 Å². The zero-order chi connectivity index (χ0) is 11.8. The molecular weight excluding hydrogens is 238 g/mol. The Balaban J connectivity index is 2.19. The van der Waals surface area contributed by atoms with Crippen LogP contribution in [0.3, 0.4) is 0 Å². The van der Waals surface area contributed by atoms with E-state index in [2.05, 4.69) is 4.98 Å². The van der Waals surface area contributed by atoms with Crippen molar-refractivity contribution < 1.29 is 14.3 Å². The molecule has 0 amide bonds. The summed E-state index contributed by atoms with van der Waals surface area (Å²) in [5, 5.41) is 10.5. The van der Waals surface area contributed by atoms with Crippen molar-refractivity contribution in [3.8, 4) is 10.6 Å². The van der Waals surface area contributed by atoms with Crippen molar-refractivity contribution in [2.45, 2.75) is 0 Å². The molecule has 0 fully saturated rings. The van der Waals surface area contributed by atoms with Crippen molar-refractivity contribution in [2.24, 2.45) is 0 Å². The number of hydrogen-bond acceptors (Lipinski definition) is 4. The molecule has 4 nitrogen and oxygen atoms in total. The van der Waals surface area contributed by atoms with Crippen molar-refractivity contribution in [3.05, 3.63) is 41.6 Å². The summed E-state index contributed by atoms with van der Waals surface area (Å²) in [5.74, 6) is -0.958. The Morgan fingerprint density at radius 3 is 3.00 bits per heavy atom. The van der Waals surface area contributed by atoms with Gasteiger partial charge in [0.15, 0.2) is 0 Å². The van der Waals surface area contributed by atoms with Crippen LogP contribution in [0.15, 0.2) is 41.1 Å². The number of hydrogen-bond donors (Lipinski definition) is 1. The van der Waals surface area contributed by atoms with Crippen molar-refractivity contribution in [1.82, 2.24) is 4.98 Å². The number of carboxylic acids is 1. The van der Waals surface area contributed by atoms with Crippen LogP contribution in [0, 0.1) is 0 Å². The second-order valence-corrected chi connectivity index (χ2v) is 4.51. The molecule has 0 unspecified atom stereocenters. The van der Waals surface area contributed by atoms with E-state index in [0.717, 1.165) is 27.9 Å². The van der Waals surface area contributed by atoms with Crippen LogP contribution >= 0.6 is 11.3 Å². The van der Waals surface area contributed by atoms with E-state index in [9.17, 15) is 4.79 Å². The molecule has 3 rings (SSSR count). The number of nitrogens with zero attached hydrogens (tertiary/aromatic N) is 1. The smallest absolute Gasteiger partial charge is 0.347 e. The zero-order valence-electron chi connectivity index (χ0n) is 8.58. The largest absolute Gasteiger partial charge is 0.477 e. The lowest BCUT2D eigenvalue weighted by molar-refractivity contribution is 0.0702. The average Bonchev–Trinajstić information content (AvgIpc) is 2.97. The summed E-state index contributed by atoms with van der Waals surface area (Å²) in [4.78, 5) is 15.1. The molecule has 2 heterocycles. The minimum Gasteiger partial charge on any atom is -0.477 e. The summed E-state index contributed by atoms with van der Waals surface area (Å²) in [6.45, 7) is 0. The number of benzene rings is 1. The molecule has 0 radical (unpaired) electrons. The lowest BCUT2D eigenvalue weighted by Gasteiger charge is -1.96. The second-order valence-electron chi connectivity index (χ2n) is 3.48. The van der Waals surface area contributed by atoms with Gasteiger partial charge in [-0.3, -0.25) is 0 Å². The first-order valence-electron chi connectivity index (χ1n) is 4.91. The van der Waals surface area contributed by atoms with Crippen LogP contribution in [0.1, 0.15) is 9.67 Å². The number of rotatable bonds is 2. The summed E-state index contributed by atoms with van der Waals surface area (Å²) in [6.07, 6.45) is 2.98. The molecule has 17 heavy (non-hydrogen) atoms. The highest BCUT2D eigenvalue weighted by atomic mass is 32.1. The van der Waals surface area contributed by atoms with E-state index in [4.69, 9.17) is 9.52 Å². The molecule has 5 heteroatoms. The van der Waals surface area contributed by atoms with Crippen molar-refractivity contribution in [3.63, 3.8) is 0 Å². The van der Waals surface area contributed by atoms with Gasteiger partial charge in [-0.1, -0.05) is 12.1 Å². The number of furan rings is 1. The molecule has 0 spiro atoms. The van der Waals surface area contributed by atoms with Crippen LogP contribution in [0.5, 0.6) is 0 Å². The van der Waals surface area contributed by atoms with E-state index >= 15 is 0 Å². The quantitative estimate of drug-likeness (QED) is 0.752. The first-order valence-corrected chi connectivity index (χ1v) is 5.73. The Labute approximate surface area is 100 Å². The first-order chi connectivity index (χ1) is 8.25. The number of carbonyl (C=O) groups is 1. The number of carboxylic acid groups (broad SMARTS) is 1. The van der Waals surface area contributed by atoms with Gasteiger partial charge in [-0.15, -0.1) is 11.3 Å². The number of aromatic nitrogens is 1. The molecule has 1 aromatic carbocycles. The van der Waals surface area contributed by atoms with Crippen LogP contribution < -0.4 is 0 Å². The Kier molecular flexibility index (Phi) is 2.19. The number of fused-ring (bicyclic) bond motifs is 1. The van der Waals surface area contributed by atoms with Gasteiger partial charge in [-0.25, -0.2) is 9.78 Å². The lowest BCUT2D eigenvalue weighted by atomic mass is 10.2. The van der Waals surface area contributed by atoms with Gasteiger partial charge in [0.25, 0.3) is 0 Å². The predicted octanol–water partition coefficient (Wildman–Crippen LogP) is 3.25. The topological polar surface area (TPSA) is 63.3 Å². The molecule has 0 aliphatic heterocycles. The Morgan fingerprint density at radius 1 is 1.35 bits per heavy atom. The second kappa shape index (κ2) is 3.71. The Bertz CT molecular complexity index is 698. The third-order valence-electron chi connectivity index (χ3n) is 2.43. The lowest BCUT2D eigenvalue weighted by Crippen LogP contribution is -1.89. The van der Waals surface area contributed by atoms with E-state index in [1.165, 1.54) is 6.20 Å². The molecule has 0 aliphatic rings. The molecule has 0 saturated carbocycles. The molecule has 84 valence electrons. The monoisotopic (exact) mass is 245 g/mol. The first kappa shape index (κ1) is 10.0. The van der Waals surface area contributed by atoms with Gasteiger partial charge in [-0.2, -0.15) is 0 Å². The van der Waals surface area contributed by atoms with E-state index < -0.39 is 5.97 Å². The zero-order valence-corrected chi connectivity index (χ0v) is 9.40. The van der Waals surface area contributed by atoms with Gasteiger partial charge in [0.1, 0.15) is 15.5 Å². The maximum absolute atomic E-state index is 10.8. The molecule has 1 N–H and O–H groups in total. The molecule has 0 atom stereocenters. The minimum atomic E-state index is -0.958. The Morgan fingerprint density at radius 2 is 2.24 bits per heavy atom. The van der Waals surface area contributed by atoms with Crippen LogP contribution in [0.25, 0.3) is 21.5 Å². The SMILES string of the molecule is O=C(O)c1cnc(-c2cccc3ccoc23)s1. The fourth-order valence-electron chi connectivity index (χ4n) is 1.66. The summed E-state index contributed by atoms with van der Waals surface area (Å²) < 4.78 is 5.39. The fraction of sp³-hybridized carbons (Fsp3) is 0. The van der Waals surface area contributed by atoms with Gasteiger partial charge >= 0.3 is 5.97 Å². The fourth-order valence-corrected chi connectivity index (χ4v) is 2.44. The van der Waals surface area contributed by atoms with E-state index in [1.54, 1.807) is 6.26 Å². The van der Waals surface area contributed by atoms with Gasteiger partial charge < -0.3 is 9.52 Å². The van der Waals surface area contributed by atoms with Crippen molar-refractivity contribution in [1.29, 1.82) is 0 Å². The summed E-state index contributed by atoms with van der Waals surface area (Å²) in [7, 11) is 0. The van der Waals surface area contributed by atoms with Gasteiger partial charge in [0.05, 0.1) is 18.0 Å². The minimum absolute atomic E-state index is 0.226. The molecule has 0 saturated heterocycles. The van der Waals surface area contributed by atoms with Gasteiger partial charge in [-0.05, 0) is 12.1 Å². The van der Waals surface area contributed by atoms with E-state index in [-0.39, 0.29) is 4.88 Å². The maximum Gasteiger partial charge on any atom is 0.347 e. The number of aromatic carboxylic acids is 1. The normalized spacial score (nSPS) is 10.8. The third-order valence-corrected chi connectivity index (χ3v) is 3.44. The van der Waals surface area contributed by atoms with Gasteiger partial charge in [0, 0.05) is 5.39 Å². The predicted molar refractivity (Wildman–Crippen MR) is 64.3 cm³/mol. The van der Waals surface area contributed by atoms with Crippen LogP contribution in [0.4, 0.5) is 0 Å². The molecular formula is C12H7NO3S. The summed E-state index contributed by atoms with van der Waals surface area (Å²) in [5.41, 5.74) is 1.56. The van der Waals surface area contributed by atoms with Crippen LogP contribution in [-0.4, -0.2) is 16.1 Å². The third kappa shape index (κ3) is 1.60. The standard InChI is InChI=1S/C12H7NO3S/c14-12(15)9-6-13-11(17-9)8-3-1-2-7-4-5-16-10(7)8/h1-6H,(H,14,15). The number of thiazole rings is 1. The number of para-hydroxylation sites is 1. The summed E-state index contributed by atoms with van der Waals surface area (Å²) in [6, 6.07) is 7.57. The highest BCUT2D eigenvalue weighted by Crippen LogP contribution is 2.32. The highest BCUT2D eigenvalue weighted by Gasteiger charge is 2.13. The molecule has 0 aliphatic carbocycles. The molecule has 3 aromatic rings. The maximum atomic E-state index is 10.8. The molecule has 2 aromatic heterocycles. The highest BCUT2D eigenvalue weighted by molar-refractivity contribution is 7.16. The van der Waals surface area contributed by atoms with Crippen molar-refractivity contribution in [2.75, 3.05) is 0 Å². The molecule has 0 bridgehead atoms. The van der Waals surface area contributed by atoms with Crippen LogP contribution in [-0.2, 0) is 0 Å². The van der Waals surface area contributed by atoms with E-state index in [1.807, 2.05) is 24.3 Å². The van der Waals surface area contributed by atoms with Crippen LogP contribution in [0.2, 0.25) is 0 Å². The van der Waals surface area contributed by atoms with E-state index in [0.29, 0.717) is 5.01 Å². The average molecular weight is 245 g/mol. The Hall–Kier alpha value is -2.14. The van der Waals surface area contributed by atoms with Crippen molar-refractivity contribution >= 4 is 28.3 Å².